The third-order valence-corrected chi connectivity index (χ3v) is 2.17. The van der Waals surface area contributed by atoms with Gasteiger partial charge in [0.2, 0.25) is 0 Å². The molecule has 0 fully saturated rings. The maximum absolute atomic E-state index is 2.33. The minimum Gasteiger partial charge on any atom is -0.0845 e. The first-order valence-corrected chi connectivity index (χ1v) is 5.12. The molecule has 0 radical (unpaired) electrons. The van der Waals surface area contributed by atoms with Crippen LogP contribution < -0.4 is 0 Å². The SMILES string of the molecule is CC/C=C\C(=C/CC)C(C)CC. The van der Waals surface area contributed by atoms with E-state index in [0.717, 1.165) is 12.8 Å². The standard InChI is InChI=1S/C12H22/c1-5-8-10-12(9-6-2)11(4)7-3/h8-11H,5-7H2,1-4H3/b10-8-,12-9+. The molecule has 1 unspecified atom stereocenters. The van der Waals surface area contributed by atoms with Gasteiger partial charge < -0.3 is 0 Å². The van der Waals surface area contributed by atoms with Gasteiger partial charge in [-0.2, -0.15) is 0 Å². The highest BCUT2D eigenvalue weighted by Gasteiger charge is 2.01. The summed E-state index contributed by atoms with van der Waals surface area (Å²) in [5.74, 6) is 0.716. The molecular weight excluding hydrogens is 144 g/mol. The van der Waals surface area contributed by atoms with Gasteiger partial charge in [0.1, 0.15) is 0 Å². The Morgan fingerprint density at radius 3 is 2.25 bits per heavy atom. The molecule has 0 N–H and O–H groups in total. The summed E-state index contributed by atoms with van der Waals surface area (Å²) in [6, 6.07) is 0. The van der Waals surface area contributed by atoms with E-state index >= 15 is 0 Å². The van der Waals surface area contributed by atoms with Gasteiger partial charge in [-0.25, -0.2) is 0 Å². The van der Waals surface area contributed by atoms with Crippen molar-refractivity contribution in [2.45, 2.75) is 47.0 Å². The Bertz CT molecular complexity index is 151. The van der Waals surface area contributed by atoms with E-state index in [-0.39, 0.29) is 0 Å². The third kappa shape index (κ3) is 4.38. The number of hydrogen-bond acceptors (Lipinski definition) is 0. The first kappa shape index (κ1) is 11.5. The fourth-order valence-corrected chi connectivity index (χ4v) is 1.16. The summed E-state index contributed by atoms with van der Waals surface area (Å²) in [5.41, 5.74) is 1.50. The van der Waals surface area contributed by atoms with Crippen molar-refractivity contribution in [2.75, 3.05) is 0 Å². The van der Waals surface area contributed by atoms with Crippen LogP contribution in [-0.2, 0) is 0 Å². The van der Waals surface area contributed by atoms with Gasteiger partial charge in [0.25, 0.3) is 0 Å². The largest absolute Gasteiger partial charge is 0.0845 e. The van der Waals surface area contributed by atoms with Crippen molar-refractivity contribution in [3.63, 3.8) is 0 Å². The molecule has 0 aromatic carbocycles. The highest BCUT2D eigenvalue weighted by Crippen LogP contribution is 2.16. The third-order valence-electron chi connectivity index (χ3n) is 2.17. The molecule has 0 heteroatoms. The molecule has 0 heterocycles. The van der Waals surface area contributed by atoms with Crippen LogP contribution in [0.4, 0.5) is 0 Å². The zero-order valence-electron chi connectivity index (χ0n) is 8.93. The van der Waals surface area contributed by atoms with Crippen molar-refractivity contribution in [1.82, 2.24) is 0 Å². The monoisotopic (exact) mass is 166 g/mol. The van der Waals surface area contributed by atoms with Crippen LogP contribution in [-0.4, -0.2) is 0 Å². The second-order valence-corrected chi connectivity index (χ2v) is 3.23. The molecule has 0 spiro atoms. The zero-order chi connectivity index (χ0) is 9.40. The van der Waals surface area contributed by atoms with Gasteiger partial charge in [-0.1, -0.05) is 45.9 Å². The predicted molar refractivity (Wildman–Crippen MR) is 57.3 cm³/mol. The quantitative estimate of drug-likeness (QED) is 0.533. The normalized spacial score (nSPS) is 15.5. The van der Waals surface area contributed by atoms with Gasteiger partial charge in [0, 0.05) is 0 Å². The topological polar surface area (TPSA) is 0 Å². The van der Waals surface area contributed by atoms with Crippen LogP contribution in [0.25, 0.3) is 0 Å². The molecule has 0 aliphatic heterocycles. The van der Waals surface area contributed by atoms with Crippen molar-refractivity contribution >= 4 is 0 Å². The molecule has 0 rings (SSSR count). The van der Waals surface area contributed by atoms with Gasteiger partial charge in [-0.3, -0.25) is 0 Å². The van der Waals surface area contributed by atoms with Crippen molar-refractivity contribution in [3.8, 4) is 0 Å². The Morgan fingerprint density at radius 2 is 1.83 bits per heavy atom. The van der Waals surface area contributed by atoms with Crippen molar-refractivity contribution in [1.29, 1.82) is 0 Å². The zero-order valence-corrected chi connectivity index (χ0v) is 8.93. The molecule has 70 valence electrons. The summed E-state index contributed by atoms with van der Waals surface area (Å²) in [4.78, 5) is 0. The van der Waals surface area contributed by atoms with Gasteiger partial charge in [-0.05, 0) is 30.8 Å². The molecule has 0 saturated carbocycles. The van der Waals surface area contributed by atoms with E-state index in [9.17, 15) is 0 Å². The molecule has 12 heavy (non-hydrogen) atoms. The highest BCUT2D eigenvalue weighted by molar-refractivity contribution is 5.20. The van der Waals surface area contributed by atoms with Crippen LogP contribution in [0.5, 0.6) is 0 Å². The Hall–Kier alpha value is -0.520. The summed E-state index contributed by atoms with van der Waals surface area (Å²) in [5, 5.41) is 0. The van der Waals surface area contributed by atoms with E-state index in [1.165, 1.54) is 12.0 Å². The minimum atomic E-state index is 0.716. The van der Waals surface area contributed by atoms with Crippen molar-refractivity contribution < 1.29 is 0 Å². The van der Waals surface area contributed by atoms with Gasteiger partial charge in [0.05, 0.1) is 0 Å². The molecular formula is C12H22. The second-order valence-electron chi connectivity index (χ2n) is 3.23. The first-order valence-electron chi connectivity index (χ1n) is 5.12. The van der Waals surface area contributed by atoms with E-state index < -0.39 is 0 Å². The number of rotatable bonds is 5. The minimum absolute atomic E-state index is 0.716. The summed E-state index contributed by atoms with van der Waals surface area (Å²) in [7, 11) is 0. The average Bonchev–Trinajstić information content (AvgIpc) is 2.11. The number of allylic oxidation sites excluding steroid dienone is 4. The van der Waals surface area contributed by atoms with Crippen molar-refractivity contribution in [3.05, 3.63) is 23.8 Å². The smallest absolute Gasteiger partial charge is 0.0196 e. The molecule has 0 bridgehead atoms. The van der Waals surface area contributed by atoms with Gasteiger partial charge in [0.15, 0.2) is 0 Å². The molecule has 0 aromatic heterocycles. The maximum Gasteiger partial charge on any atom is -0.0196 e. The van der Waals surface area contributed by atoms with Crippen LogP contribution in [0.3, 0.4) is 0 Å². The van der Waals surface area contributed by atoms with Crippen LogP contribution in [0.1, 0.15) is 47.0 Å². The van der Waals surface area contributed by atoms with Crippen LogP contribution >= 0.6 is 0 Å². The van der Waals surface area contributed by atoms with E-state index in [2.05, 4.69) is 45.9 Å². The number of hydrogen-bond donors (Lipinski definition) is 0. The predicted octanol–water partition coefficient (Wildman–Crippen LogP) is 4.34. The Labute approximate surface area is 77.4 Å². The lowest BCUT2D eigenvalue weighted by Crippen LogP contribution is -1.94. The summed E-state index contributed by atoms with van der Waals surface area (Å²) in [6.07, 6.45) is 10.4. The Balaban J connectivity index is 4.23. The lowest BCUT2D eigenvalue weighted by Gasteiger charge is -2.09. The highest BCUT2D eigenvalue weighted by atomic mass is 14.1. The summed E-state index contributed by atoms with van der Waals surface area (Å²) < 4.78 is 0. The van der Waals surface area contributed by atoms with Gasteiger partial charge >= 0.3 is 0 Å². The fraction of sp³-hybridized carbons (Fsp3) is 0.667. The van der Waals surface area contributed by atoms with Crippen LogP contribution in [0.15, 0.2) is 23.8 Å². The lowest BCUT2D eigenvalue weighted by molar-refractivity contribution is 0.667. The van der Waals surface area contributed by atoms with E-state index in [4.69, 9.17) is 0 Å². The second kappa shape index (κ2) is 7.15. The van der Waals surface area contributed by atoms with E-state index in [1.807, 2.05) is 0 Å². The first-order chi connectivity index (χ1) is 5.76. The average molecular weight is 166 g/mol. The van der Waals surface area contributed by atoms with E-state index in [1.54, 1.807) is 0 Å². The van der Waals surface area contributed by atoms with Crippen LogP contribution in [0, 0.1) is 5.92 Å². The maximum atomic E-state index is 2.33. The molecule has 0 saturated heterocycles. The molecule has 0 aliphatic rings. The molecule has 0 aromatic rings. The summed E-state index contributed by atoms with van der Waals surface area (Å²) in [6.45, 7) is 8.91. The molecule has 0 aliphatic carbocycles. The molecule has 0 nitrogen and oxygen atoms in total. The lowest BCUT2D eigenvalue weighted by atomic mass is 9.97. The van der Waals surface area contributed by atoms with E-state index in [0.29, 0.717) is 5.92 Å². The molecule has 1 atom stereocenters. The Kier molecular flexibility index (Phi) is 6.84. The van der Waals surface area contributed by atoms with Crippen LogP contribution in [0.2, 0.25) is 0 Å². The van der Waals surface area contributed by atoms with Crippen molar-refractivity contribution in [2.24, 2.45) is 5.92 Å². The Morgan fingerprint density at radius 1 is 1.17 bits per heavy atom. The summed E-state index contributed by atoms with van der Waals surface area (Å²) >= 11 is 0. The molecule has 0 amide bonds. The van der Waals surface area contributed by atoms with Gasteiger partial charge in [-0.15, -0.1) is 0 Å². The fourth-order valence-electron chi connectivity index (χ4n) is 1.16.